The van der Waals surface area contributed by atoms with Crippen molar-refractivity contribution in [2.75, 3.05) is 0 Å². The van der Waals surface area contributed by atoms with Gasteiger partial charge in [-0.3, -0.25) is 0 Å². The molecule has 2 rings (SSSR count). The number of hydrogen-bond donors (Lipinski definition) is 0. The van der Waals surface area contributed by atoms with Gasteiger partial charge in [-0.2, -0.15) is 12.1 Å². The van der Waals surface area contributed by atoms with E-state index in [2.05, 4.69) is 46.3 Å². The van der Waals surface area contributed by atoms with E-state index in [-0.39, 0.29) is 25.8 Å². The van der Waals surface area contributed by atoms with E-state index in [4.69, 9.17) is 0 Å². The molecule has 0 aromatic heterocycles. The normalized spacial score (nSPS) is 9.55. The summed E-state index contributed by atoms with van der Waals surface area (Å²) >= 11 is 3.48. The van der Waals surface area contributed by atoms with Gasteiger partial charge in [-0.15, -0.1) is 29.0 Å². The van der Waals surface area contributed by atoms with Gasteiger partial charge in [0.25, 0.3) is 0 Å². The molecule has 0 radical (unpaired) electrons. The molecule has 2 aromatic carbocycles. The number of benzene rings is 1. The zero-order valence-corrected chi connectivity index (χ0v) is 11.0. The molecule has 0 spiro atoms. The van der Waals surface area contributed by atoms with Crippen molar-refractivity contribution in [3.8, 4) is 0 Å². The van der Waals surface area contributed by atoms with Crippen molar-refractivity contribution in [3.63, 3.8) is 0 Å². The molecule has 0 fully saturated rings. The van der Waals surface area contributed by atoms with E-state index < -0.39 is 0 Å². The number of fused-ring (bicyclic) bond motifs is 1. The van der Waals surface area contributed by atoms with Crippen LogP contribution < -0.4 is 0 Å². The Morgan fingerprint density at radius 3 is 2.73 bits per heavy atom. The maximum Gasteiger partial charge on any atom is 0 e. The third-order valence-corrected chi connectivity index (χ3v) is 2.32. The van der Waals surface area contributed by atoms with E-state index >= 15 is 0 Å². The van der Waals surface area contributed by atoms with E-state index in [9.17, 15) is 0 Å². The largest absolute Gasteiger partial charge is 0.167 e. The molecule has 0 aliphatic carbocycles. The van der Waals surface area contributed by atoms with Gasteiger partial charge in [0.2, 0.25) is 0 Å². The molecular weight excluding hydrogens is 366 g/mol. The second kappa shape index (κ2) is 3.72. The molecule has 54 valence electrons. The predicted molar refractivity (Wildman–Crippen MR) is 47.2 cm³/mol. The molecule has 0 unspecified atom stereocenters. The molecule has 0 atom stereocenters. The minimum Gasteiger partial charge on any atom is -0.167 e. The van der Waals surface area contributed by atoms with Crippen molar-refractivity contribution in [1.29, 1.82) is 0 Å². The van der Waals surface area contributed by atoms with Gasteiger partial charge in [-0.25, -0.2) is 0 Å². The Bertz CT molecular complexity index is 351. The van der Waals surface area contributed by atoms with Crippen LogP contribution in [0.25, 0.3) is 10.8 Å². The van der Waals surface area contributed by atoms with E-state index in [0.29, 0.717) is 0 Å². The van der Waals surface area contributed by atoms with Crippen LogP contribution >= 0.6 is 15.9 Å². The zero-order chi connectivity index (χ0) is 6.97. The van der Waals surface area contributed by atoms with Crippen molar-refractivity contribution < 1.29 is 25.8 Å². The van der Waals surface area contributed by atoms with Crippen LogP contribution in [0.2, 0.25) is 0 Å². The molecule has 0 saturated carbocycles. The van der Waals surface area contributed by atoms with Crippen LogP contribution in [0.4, 0.5) is 0 Å². The second-order valence-electron chi connectivity index (χ2n) is 2.27. The van der Waals surface area contributed by atoms with Crippen molar-refractivity contribution in [1.82, 2.24) is 0 Å². The maximum absolute atomic E-state index is 3.48. The minimum absolute atomic E-state index is 0. The van der Waals surface area contributed by atoms with Gasteiger partial charge in [0, 0.05) is 25.8 Å². The molecule has 0 nitrogen and oxygen atoms in total. The molecule has 2 aromatic rings. The monoisotopic (exact) mass is 373 g/mol. The number of hydrogen-bond acceptors (Lipinski definition) is 0. The van der Waals surface area contributed by atoms with Crippen LogP contribution in [0.3, 0.4) is 0 Å². The molecule has 0 N–H and O–H groups in total. The second-order valence-corrected chi connectivity index (χ2v) is 3.12. The summed E-state index contributed by atoms with van der Waals surface area (Å²) in [5, 5.41) is 2.59. The van der Waals surface area contributed by atoms with Crippen LogP contribution in [0, 0.1) is 0 Å². The van der Waals surface area contributed by atoms with E-state index in [1.165, 1.54) is 15.2 Å². The Balaban J connectivity index is 0.000000605. The van der Waals surface area contributed by atoms with Crippen LogP contribution in [0.1, 0.15) is 0 Å². The third kappa shape index (κ3) is 1.67. The van der Waals surface area contributed by atoms with Crippen LogP contribution in [-0.4, -0.2) is 0 Å². The van der Waals surface area contributed by atoms with Crippen molar-refractivity contribution >= 4 is 26.7 Å². The van der Waals surface area contributed by atoms with Gasteiger partial charge < -0.3 is 0 Å². The Kier molecular flexibility index (Phi) is 3.14. The number of rotatable bonds is 0. The SMILES string of the molecule is Brc1cccc2[cH-]ccc12.[Hf]. The van der Waals surface area contributed by atoms with Crippen molar-refractivity contribution in [2.24, 2.45) is 0 Å². The summed E-state index contributed by atoms with van der Waals surface area (Å²) in [6.45, 7) is 0. The summed E-state index contributed by atoms with van der Waals surface area (Å²) in [6.07, 6.45) is 0. The first-order valence-corrected chi connectivity index (χ1v) is 3.97. The predicted octanol–water partition coefficient (Wildman–Crippen LogP) is 3.32. The fraction of sp³-hybridized carbons (Fsp3) is 0. The number of halogens is 1. The molecule has 0 saturated heterocycles. The molecule has 11 heavy (non-hydrogen) atoms. The first-order valence-electron chi connectivity index (χ1n) is 3.18. The van der Waals surface area contributed by atoms with Crippen LogP contribution in [0.15, 0.2) is 40.9 Å². The minimum atomic E-state index is 0. The van der Waals surface area contributed by atoms with E-state index in [1.54, 1.807) is 0 Å². The molecule has 0 amide bonds. The molecule has 0 bridgehead atoms. The Morgan fingerprint density at radius 2 is 2.00 bits per heavy atom. The van der Waals surface area contributed by atoms with Crippen molar-refractivity contribution in [3.05, 3.63) is 40.9 Å². The van der Waals surface area contributed by atoms with Crippen LogP contribution in [0.5, 0.6) is 0 Å². The van der Waals surface area contributed by atoms with Gasteiger partial charge in [-0.1, -0.05) is 22.0 Å². The topological polar surface area (TPSA) is 0 Å². The molecule has 2 heteroatoms. The Hall–Kier alpha value is 0.180. The summed E-state index contributed by atoms with van der Waals surface area (Å²) in [5.41, 5.74) is 0. The van der Waals surface area contributed by atoms with E-state index in [0.717, 1.165) is 0 Å². The average molecular weight is 373 g/mol. The first-order chi connectivity index (χ1) is 4.88. The summed E-state index contributed by atoms with van der Waals surface area (Å²) < 4.78 is 1.18. The van der Waals surface area contributed by atoms with Gasteiger partial charge >= 0.3 is 0 Å². The average Bonchev–Trinajstić information content (AvgIpc) is 2.36. The van der Waals surface area contributed by atoms with Gasteiger partial charge in [0.1, 0.15) is 0 Å². The Morgan fingerprint density at radius 1 is 1.18 bits per heavy atom. The standard InChI is InChI=1S/C9H6Br.Hf/c10-9-6-2-4-7-3-1-5-8(7)9;/h1-6H;/q-1;. The van der Waals surface area contributed by atoms with Gasteiger partial charge in [0.05, 0.1) is 0 Å². The molecule has 0 aliphatic rings. The maximum atomic E-state index is 3.48. The summed E-state index contributed by atoms with van der Waals surface area (Å²) in [5.74, 6) is 0. The zero-order valence-electron chi connectivity index (χ0n) is 5.84. The fourth-order valence-corrected chi connectivity index (χ4v) is 1.64. The third-order valence-electron chi connectivity index (χ3n) is 1.63. The van der Waals surface area contributed by atoms with E-state index in [1.807, 2.05) is 6.07 Å². The van der Waals surface area contributed by atoms with Crippen molar-refractivity contribution in [2.45, 2.75) is 0 Å². The van der Waals surface area contributed by atoms with Crippen LogP contribution in [-0.2, 0) is 25.8 Å². The smallest absolute Gasteiger partial charge is 0 e. The summed E-state index contributed by atoms with van der Waals surface area (Å²) in [7, 11) is 0. The van der Waals surface area contributed by atoms with Gasteiger partial charge in [0.15, 0.2) is 0 Å². The summed E-state index contributed by atoms with van der Waals surface area (Å²) in [4.78, 5) is 0. The first kappa shape index (κ1) is 9.27. The molecular formula is C9H6BrHf-. The molecule has 0 heterocycles. The Labute approximate surface area is 92.9 Å². The summed E-state index contributed by atoms with van der Waals surface area (Å²) in [6, 6.07) is 12.5. The molecule has 0 aliphatic heterocycles. The quantitative estimate of drug-likeness (QED) is 0.492. The van der Waals surface area contributed by atoms with Gasteiger partial charge in [-0.05, 0) is 4.47 Å². The fourth-order valence-electron chi connectivity index (χ4n) is 1.12.